The summed E-state index contributed by atoms with van der Waals surface area (Å²) in [4.78, 5) is 0. The fourth-order valence-corrected chi connectivity index (χ4v) is 4.46. The summed E-state index contributed by atoms with van der Waals surface area (Å²) >= 11 is 1.42. The molecule has 1 N–H and O–H groups in total. The number of hydrogen-bond acceptors (Lipinski definition) is 7. The second kappa shape index (κ2) is 11.3. The van der Waals surface area contributed by atoms with Gasteiger partial charge in [-0.15, -0.1) is 10.2 Å². The molecule has 0 fully saturated rings. The SMILES string of the molecule is COc1ccc(-n2c(SCC(O)COc3cc(C)ccc3C)nnc2-c2ccccc2OC)cc1. The second-order valence-corrected chi connectivity index (χ2v) is 9.07. The first-order chi connectivity index (χ1) is 17.0. The molecule has 1 unspecified atom stereocenters. The van der Waals surface area contributed by atoms with Gasteiger partial charge in [0.2, 0.25) is 0 Å². The van der Waals surface area contributed by atoms with Crippen LogP contribution in [0.25, 0.3) is 17.1 Å². The Labute approximate surface area is 209 Å². The zero-order valence-corrected chi connectivity index (χ0v) is 21.1. The summed E-state index contributed by atoms with van der Waals surface area (Å²) < 4.78 is 18.7. The summed E-state index contributed by atoms with van der Waals surface area (Å²) in [6.07, 6.45) is -0.685. The lowest BCUT2D eigenvalue weighted by molar-refractivity contribution is 0.126. The molecular formula is C27H29N3O4S. The zero-order valence-electron chi connectivity index (χ0n) is 20.3. The maximum atomic E-state index is 10.6. The maximum absolute atomic E-state index is 10.6. The number of rotatable bonds is 10. The van der Waals surface area contributed by atoms with Gasteiger partial charge in [0.1, 0.15) is 23.9 Å². The molecule has 0 aliphatic rings. The van der Waals surface area contributed by atoms with Gasteiger partial charge in [-0.25, -0.2) is 0 Å². The van der Waals surface area contributed by atoms with Crippen LogP contribution in [0.15, 0.2) is 71.9 Å². The molecular weight excluding hydrogens is 462 g/mol. The van der Waals surface area contributed by atoms with Crippen molar-refractivity contribution in [3.8, 4) is 34.3 Å². The molecule has 1 aromatic heterocycles. The van der Waals surface area contributed by atoms with Gasteiger partial charge in [0.15, 0.2) is 11.0 Å². The van der Waals surface area contributed by atoms with Crippen LogP contribution in [-0.4, -0.2) is 52.6 Å². The van der Waals surface area contributed by atoms with Gasteiger partial charge < -0.3 is 19.3 Å². The van der Waals surface area contributed by atoms with Crippen molar-refractivity contribution in [1.82, 2.24) is 14.8 Å². The first-order valence-electron chi connectivity index (χ1n) is 11.2. The van der Waals surface area contributed by atoms with Crippen LogP contribution in [0.3, 0.4) is 0 Å². The van der Waals surface area contributed by atoms with E-state index < -0.39 is 6.10 Å². The van der Waals surface area contributed by atoms with Crippen LogP contribution in [-0.2, 0) is 0 Å². The molecule has 0 radical (unpaired) electrons. The predicted molar refractivity (Wildman–Crippen MR) is 138 cm³/mol. The number of aryl methyl sites for hydroxylation is 2. The van der Waals surface area contributed by atoms with E-state index in [1.54, 1.807) is 14.2 Å². The van der Waals surface area contributed by atoms with Crippen molar-refractivity contribution in [2.75, 3.05) is 26.6 Å². The van der Waals surface area contributed by atoms with Crippen LogP contribution in [0.1, 0.15) is 11.1 Å². The van der Waals surface area contributed by atoms with Gasteiger partial charge >= 0.3 is 0 Å². The Morgan fingerprint density at radius 1 is 0.914 bits per heavy atom. The minimum absolute atomic E-state index is 0.188. The van der Waals surface area contributed by atoms with Crippen molar-refractivity contribution < 1.29 is 19.3 Å². The molecule has 1 atom stereocenters. The Bertz CT molecular complexity index is 1270. The van der Waals surface area contributed by atoms with E-state index in [1.165, 1.54) is 11.8 Å². The molecule has 1 heterocycles. The van der Waals surface area contributed by atoms with Gasteiger partial charge in [0.25, 0.3) is 0 Å². The van der Waals surface area contributed by atoms with Gasteiger partial charge in [-0.2, -0.15) is 0 Å². The fraction of sp³-hybridized carbons (Fsp3) is 0.259. The molecule has 0 saturated carbocycles. The van der Waals surface area contributed by atoms with Gasteiger partial charge in [-0.1, -0.05) is 36.0 Å². The molecule has 35 heavy (non-hydrogen) atoms. The molecule has 0 saturated heterocycles. The molecule has 3 aromatic carbocycles. The van der Waals surface area contributed by atoms with Gasteiger partial charge in [-0.3, -0.25) is 4.57 Å². The lowest BCUT2D eigenvalue weighted by Gasteiger charge is -2.15. The predicted octanol–water partition coefficient (Wildman–Crippen LogP) is 5.10. The highest BCUT2D eigenvalue weighted by molar-refractivity contribution is 7.99. The first kappa shape index (κ1) is 24.6. The van der Waals surface area contributed by atoms with E-state index >= 15 is 0 Å². The summed E-state index contributed by atoms with van der Waals surface area (Å²) in [6.45, 7) is 4.20. The Morgan fingerprint density at radius 3 is 2.43 bits per heavy atom. The average molecular weight is 492 g/mol. The third-order valence-corrected chi connectivity index (χ3v) is 6.57. The van der Waals surface area contributed by atoms with E-state index in [4.69, 9.17) is 14.2 Å². The summed E-state index contributed by atoms with van der Waals surface area (Å²) in [7, 11) is 3.27. The Balaban J connectivity index is 1.57. The van der Waals surface area contributed by atoms with Crippen molar-refractivity contribution in [3.63, 3.8) is 0 Å². The minimum atomic E-state index is -0.685. The molecule has 8 heteroatoms. The number of ether oxygens (including phenoxy) is 3. The molecule has 7 nitrogen and oxygen atoms in total. The molecule has 0 aliphatic heterocycles. The number of thioether (sulfide) groups is 1. The van der Waals surface area contributed by atoms with E-state index in [9.17, 15) is 5.11 Å². The van der Waals surface area contributed by atoms with Crippen LogP contribution in [0.2, 0.25) is 0 Å². The summed E-state index contributed by atoms with van der Waals surface area (Å²) in [5.41, 5.74) is 3.85. The number of aliphatic hydroxyl groups excluding tert-OH is 1. The molecule has 0 bridgehead atoms. The van der Waals surface area contributed by atoms with Crippen molar-refractivity contribution in [1.29, 1.82) is 0 Å². The summed E-state index contributed by atoms with van der Waals surface area (Å²) in [6, 6.07) is 21.4. The Hall–Kier alpha value is -3.49. The normalized spacial score (nSPS) is 11.8. The number of benzene rings is 3. The highest BCUT2D eigenvalue weighted by Gasteiger charge is 2.20. The maximum Gasteiger partial charge on any atom is 0.196 e. The van der Waals surface area contributed by atoms with Crippen molar-refractivity contribution in [2.45, 2.75) is 25.1 Å². The van der Waals surface area contributed by atoms with Crippen molar-refractivity contribution in [2.24, 2.45) is 0 Å². The van der Waals surface area contributed by atoms with Crippen LogP contribution < -0.4 is 14.2 Å². The molecule has 0 amide bonds. The lowest BCUT2D eigenvalue weighted by Crippen LogP contribution is -2.20. The highest BCUT2D eigenvalue weighted by Crippen LogP contribution is 2.34. The van der Waals surface area contributed by atoms with Gasteiger partial charge in [0.05, 0.1) is 31.6 Å². The number of methoxy groups -OCH3 is 2. The van der Waals surface area contributed by atoms with Gasteiger partial charge in [-0.05, 0) is 67.4 Å². The monoisotopic (exact) mass is 491 g/mol. The third kappa shape index (κ3) is 5.78. The number of aliphatic hydroxyl groups is 1. The Morgan fingerprint density at radius 2 is 1.69 bits per heavy atom. The quantitative estimate of drug-likeness (QED) is 0.309. The van der Waals surface area contributed by atoms with Crippen LogP contribution >= 0.6 is 11.8 Å². The molecule has 0 aliphatic carbocycles. The van der Waals surface area contributed by atoms with Crippen LogP contribution in [0.5, 0.6) is 17.2 Å². The van der Waals surface area contributed by atoms with Gasteiger partial charge in [0, 0.05) is 5.75 Å². The van der Waals surface area contributed by atoms with E-state index in [0.717, 1.165) is 33.9 Å². The lowest BCUT2D eigenvalue weighted by atomic mass is 10.1. The zero-order chi connectivity index (χ0) is 24.8. The van der Waals surface area contributed by atoms with Crippen molar-refractivity contribution >= 4 is 11.8 Å². The van der Waals surface area contributed by atoms with E-state index in [2.05, 4.69) is 10.2 Å². The molecule has 0 spiro atoms. The largest absolute Gasteiger partial charge is 0.497 e. The number of hydrogen-bond donors (Lipinski definition) is 1. The highest BCUT2D eigenvalue weighted by atomic mass is 32.2. The number of aromatic nitrogens is 3. The summed E-state index contributed by atoms with van der Waals surface area (Å²) in [5, 5.41) is 20.2. The van der Waals surface area contributed by atoms with Crippen LogP contribution in [0, 0.1) is 13.8 Å². The second-order valence-electron chi connectivity index (χ2n) is 8.08. The minimum Gasteiger partial charge on any atom is -0.497 e. The van der Waals surface area contributed by atoms with Crippen LogP contribution in [0.4, 0.5) is 0 Å². The summed E-state index contributed by atoms with van der Waals surface area (Å²) in [5.74, 6) is 3.29. The Kier molecular flexibility index (Phi) is 7.94. The molecule has 4 rings (SSSR count). The first-order valence-corrected chi connectivity index (χ1v) is 12.2. The van der Waals surface area contributed by atoms with E-state index in [-0.39, 0.29) is 6.61 Å². The standard InChI is InChI=1S/C27H29N3O4S/c1-18-9-10-19(2)25(15-18)34-16-21(31)17-35-27-29-28-26(23-7-5-6-8-24(23)33-4)30(27)20-11-13-22(32-3)14-12-20/h5-15,21,31H,16-17H2,1-4H3. The van der Waals surface area contributed by atoms with Crippen molar-refractivity contribution in [3.05, 3.63) is 77.9 Å². The molecule has 182 valence electrons. The fourth-order valence-electron chi connectivity index (χ4n) is 3.60. The third-order valence-electron chi connectivity index (χ3n) is 5.49. The van der Waals surface area contributed by atoms with E-state index in [1.807, 2.05) is 85.1 Å². The number of nitrogens with zero attached hydrogens (tertiary/aromatic N) is 3. The number of para-hydroxylation sites is 1. The van der Waals surface area contributed by atoms with E-state index in [0.29, 0.717) is 22.5 Å². The smallest absolute Gasteiger partial charge is 0.196 e. The molecule has 4 aromatic rings. The topological polar surface area (TPSA) is 78.6 Å². The average Bonchev–Trinajstić information content (AvgIpc) is 3.31.